The molecule has 0 radical (unpaired) electrons. The lowest BCUT2D eigenvalue weighted by atomic mass is 10.3. The van der Waals surface area contributed by atoms with Crippen LogP contribution in [-0.2, 0) is 0 Å². The molecule has 1 amide bonds. The third-order valence-corrected chi connectivity index (χ3v) is 2.91. The number of furan rings is 1. The second-order valence-electron chi connectivity index (χ2n) is 4.14. The van der Waals surface area contributed by atoms with Crippen LogP contribution in [0.1, 0.15) is 10.6 Å². The zero-order valence-corrected chi connectivity index (χ0v) is 9.95. The van der Waals surface area contributed by atoms with E-state index < -0.39 is 0 Å². The normalized spacial score (nSPS) is 18.0. The van der Waals surface area contributed by atoms with Crippen LogP contribution < -0.4 is 5.73 Å². The molecule has 0 saturated carbocycles. The molecule has 3 N–H and O–H groups in total. The zero-order valence-electron chi connectivity index (χ0n) is 9.95. The number of piperazine rings is 1. The van der Waals surface area contributed by atoms with Crippen LogP contribution in [0.2, 0.25) is 0 Å². The Morgan fingerprint density at radius 2 is 2.17 bits per heavy atom. The van der Waals surface area contributed by atoms with Gasteiger partial charge in [-0.3, -0.25) is 9.69 Å². The van der Waals surface area contributed by atoms with Crippen molar-refractivity contribution in [3.05, 3.63) is 24.2 Å². The molecule has 1 aliphatic rings. The van der Waals surface area contributed by atoms with Crippen LogP contribution in [0.15, 0.2) is 28.0 Å². The Hall–Kier alpha value is -2.02. The molecule has 0 aliphatic carbocycles. The Morgan fingerprint density at radius 3 is 2.72 bits per heavy atom. The molecular formula is C11H16N4O3. The predicted molar refractivity (Wildman–Crippen MR) is 64.5 cm³/mol. The number of hydrogen-bond acceptors (Lipinski definition) is 5. The fourth-order valence-electron chi connectivity index (χ4n) is 1.93. The van der Waals surface area contributed by atoms with E-state index in [1.807, 2.05) is 4.90 Å². The standard InChI is InChI=1S/C11H16N4O3/c12-10(13-17)8-14-3-5-15(6-4-14)11(16)9-2-1-7-18-9/h1-2,7,17H,3-6,8H2,(H2,12,13). The molecule has 1 aliphatic heterocycles. The van der Waals surface area contributed by atoms with Crippen molar-refractivity contribution in [2.24, 2.45) is 10.9 Å². The molecular weight excluding hydrogens is 236 g/mol. The number of oxime groups is 1. The van der Waals surface area contributed by atoms with Crippen molar-refractivity contribution in [1.29, 1.82) is 0 Å². The molecule has 18 heavy (non-hydrogen) atoms. The van der Waals surface area contributed by atoms with Crippen molar-refractivity contribution in [3.63, 3.8) is 0 Å². The predicted octanol–water partition coefficient (Wildman–Crippen LogP) is -0.216. The molecule has 1 fully saturated rings. The van der Waals surface area contributed by atoms with Gasteiger partial charge in [0, 0.05) is 26.2 Å². The van der Waals surface area contributed by atoms with Crippen LogP contribution in [0.4, 0.5) is 0 Å². The first-order valence-electron chi connectivity index (χ1n) is 5.72. The van der Waals surface area contributed by atoms with Gasteiger partial charge in [0.05, 0.1) is 12.8 Å². The van der Waals surface area contributed by atoms with Crippen LogP contribution in [0.5, 0.6) is 0 Å². The summed E-state index contributed by atoms with van der Waals surface area (Å²) in [6.45, 7) is 3.03. The quantitative estimate of drug-likeness (QED) is 0.336. The minimum atomic E-state index is -0.0940. The fourth-order valence-corrected chi connectivity index (χ4v) is 1.93. The lowest BCUT2D eigenvalue weighted by Gasteiger charge is -2.33. The maximum absolute atomic E-state index is 12.0. The molecule has 2 heterocycles. The molecule has 0 bridgehead atoms. The maximum atomic E-state index is 12.0. The summed E-state index contributed by atoms with van der Waals surface area (Å²) >= 11 is 0. The smallest absolute Gasteiger partial charge is 0.289 e. The van der Waals surface area contributed by atoms with Crippen molar-refractivity contribution in [2.45, 2.75) is 0 Å². The zero-order chi connectivity index (χ0) is 13.0. The molecule has 0 unspecified atom stereocenters. The third-order valence-electron chi connectivity index (χ3n) is 2.91. The highest BCUT2D eigenvalue weighted by molar-refractivity contribution is 5.91. The van der Waals surface area contributed by atoms with Crippen molar-refractivity contribution < 1.29 is 14.4 Å². The van der Waals surface area contributed by atoms with E-state index in [9.17, 15) is 4.79 Å². The van der Waals surface area contributed by atoms with Gasteiger partial charge in [0.2, 0.25) is 0 Å². The van der Waals surface area contributed by atoms with Gasteiger partial charge in [-0.2, -0.15) is 0 Å². The molecule has 1 aromatic heterocycles. The number of carbonyl (C=O) groups excluding carboxylic acids is 1. The summed E-state index contributed by atoms with van der Waals surface area (Å²) in [5.74, 6) is 0.448. The number of carbonyl (C=O) groups is 1. The highest BCUT2D eigenvalue weighted by atomic mass is 16.4. The van der Waals surface area contributed by atoms with Gasteiger partial charge in [-0.25, -0.2) is 0 Å². The molecule has 2 rings (SSSR count). The van der Waals surface area contributed by atoms with E-state index in [-0.39, 0.29) is 11.7 Å². The molecule has 0 spiro atoms. The Bertz CT molecular complexity index is 422. The number of rotatable bonds is 3. The topological polar surface area (TPSA) is 95.3 Å². The van der Waals surface area contributed by atoms with E-state index in [4.69, 9.17) is 15.4 Å². The van der Waals surface area contributed by atoms with Gasteiger partial charge in [-0.15, -0.1) is 0 Å². The van der Waals surface area contributed by atoms with Crippen LogP contribution in [0.3, 0.4) is 0 Å². The summed E-state index contributed by atoms with van der Waals surface area (Å²) in [5.41, 5.74) is 5.44. The van der Waals surface area contributed by atoms with E-state index in [0.29, 0.717) is 38.5 Å². The van der Waals surface area contributed by atoms with E-state index >= 15 is 0 Å². The second-order valence-corrected chi connectivity index (χ2v) is 4.14. The van der Waals surface area contributed by atoms with Crippen molar-refractivity contribution >= 4 is 11.7 Å². The molecule has 1 saturated heterocycles. The number of amides is 1. The van der Waals surface area contributed by atoms with Gasteiger partial charge in [0.1, 0.15) is 0 Å². The SMILES string of the molecule is NC(CN1CCN(C(=O)c2ccco2)CC1)=NO. The largest absolute Gasteiger partial charge is 0.459 e. The summed E-state index contributed by atoms with van der Waals surface area (Å²) < 4.78 is 5.08. The summed E-state index contributed by atoms with van der Waals surface area (Å²) in [7, 11) is 0. The van der Waals surface area contributed by atoms with E-state index in [1.165, 1.54) is 6.26 Å². The Balaban J connectivity index is 1.85. The van der Waals surface area contributed by atoms with Crippen molar-refractivity contribution in [1.82, 2.24) is 9.80 Å². The Kier molecular flexibility index (Phi) is 3.83. The number of nitrogens with two attached hydrogens (primary N) is 1. The third kappa shape index (κ3) is 2.80. The van der Waals surface area contributed by atoms with Crippen molar-refractivity contribution in [3.8, 4) is 0 Å². The van der Waals surface area contributed by atoms with E-state index in [2.05, 4.69) is 5.16 Å². The number of hydrogen-bond donors (Lipinski definition) is 2. The average Bonchev–Trinajstić information content (AvgIpc) is 2.92. The molecule has 1 aromatic rings. The molecule has 7 heteroatoms. The summed E-state index contributed by atoms with van der Waals surface area (Å²) in [5, 5.41) is 11.4. The van der Waals surface area contributed by atoms with Gasteiger partial charge in [0.25, 0.3) is 5.91 Å². The van der Waals surface area contributed by atoms with Crippen molar-refractivity contribution in [2.75, 3.05) is 32.7 Å². The summed E-state index contributed by atoms with van der Waals surface area (Å²) in [6, 6.07) is 3.35. The van der Waals surface area contributed by atoms with Gasteiger partial charge >= 0.3 is 0 Å². The minimum Gasteiger partial charge on any atom is -0.459 e. The highest BCUT2D eigenvalue weighted by Crippen LogP contribution is 2.09. The first-order valence-corrected chi connectivity index (χ1v) is 5.72. The van der Waals surface area contributed by atoms with Crippen LogP contribution in [-0.4, -0.2) is 59.5 Å². The van der Waals surface area contributed by atoms with Gasteiger partial charge < -0.3 is 20.3 Å². The first-order chi connectivity index (χ1) is 8.70. The van der Waals surface area contributed by atoms with E-state index in [0.717, 1.165) is 0 Å². The van der Waals surface area contributed by atoms with Crippen LogP contribution >= 0.6 is 0 Å². The van der Waals surface area contributed by atoms with E-state index in [1.54, 1.807) is 17.0 Å². The Labute approximate surface area is 104 Å². The van der Waals surface area contributed by atoms with Gasteiger partial charge in [0.15, 0.2) is 11.6 Å². The lowest BCUT2D eigenvalue weighted by Crippen LogP contribution is -2.50. The van der Waals surface area contributed by atoms with Crippen LogP contribution in [0.25, 0.3) is 0 Å². The van der Waals surface area contributed by atoms with Gasteiger partial charge in [-0.1, -0.05) is 5.16 Å². The summed E-state index contributed by atoms with van der Waals surface area (Å²) in [6.07, 6.45) is 1.49. The lowest BCUT2D eigenvalue weighted by molar-refractivity contribution is 0.0622. The number of nitrogens with zero attached hydrogens (tertiary/aromatic N) is 3. The molecule has 7 nitrogen and oxygen atoms in total. The Morgan fingerprint density at radius 1 is 1.44 bits per heavy atom. The van der Waals surface area contributed by atoms with Gasteiger partial charge in [-0.05, 0) is 12.1 Å². The molecule has 0 atom stereocenters. The highest BCUT2D eigenvalue weighted by Gasteiger charge is 2.23. The number of amidine groups is 1. The fraction of sp³-hybridized carbons (Fsp3) is 0.455. The average molecular weight is 252 g/mol. The summed E-state index contributed by atoms with van der Waals surface area (Å²) in [4.78, 5) is 15.7. The monoisotopic (exact) mass is 252 g/mol. The first kappa shape index (κ1) is 12.4. The minimum absolute atomic E-state index is 0.0940. The second kappa shape index (κ2) is 5.54. The maximum Gasteiger partial charge on any atom is 0.289 e. The molecule has 0 aromatic carbocycles. The molecule has 98 valence electrons. The van der Waals surface area contributed by atoms with Crippen LogP contribution in [0, 0.1) is 0 Å².